The van der Waals surface area contributed by atoms with Crippen molar-refractivity contribution in [3.63, 3.8) is 0 Å². The fourth-order valence-corrected chi connectivity index (χ4v) is 5.03. The highest BCUT2D eigenvalue weighted by Gasteiger charge is 2.35. The van der Waals surface area contributed by atoms with Gasteiger partial charge in [-0.15, -0.1) is 5.06 Å². The molecule has 2 amide bonds. The monoisotopic (exact) mass is 465 g/mol. The van der Waals surface area contributed by atoms with Crippen LogP contribution in [0, 0.1) is 0 Å². The van der Waals surface area contributed by atoms with Crippen molar-refractivity contribution in [2.75, 3.05) is 38.2 Å². The standard InChI is InChI=1S/C26H31N3O5/c1-32-24-17-21(34-28-13-5-2-6-14-28)9-10-22(24)25(30)27-15-11-20(12-16-27)29-23-8-4-3-7-19(23)18-33-26(29)31/h3-4,7-10,17,20H,2,5-6,11-16,18H2,1H3. The molecular formula is C26H31N3O5. The highest BCUT2D eigenvalue weighted by molar-refractivity contribution is 5.97. The number of para-hydroxylation sites is 1. The highest BCUT2D eigenvalue weighted by atomic mass is 16.7. The number of fused-ring (bicyclic) bond motifs is 1. The Bertz CT molecular complexity index is 1040. The van der Waals surface area contributed by atoms with Gasteiger partial charge in [-0.3, -0.25) is 9.69 Å². The van der Waals surface area contributed by atoms with Crippen molar-refractivity contribution < 1.29 is 23.9 Å². The number of hydroxylamine groups is 2. The molecule has 0 saturated carbocycles. The van der Waals surface area contributed by atoms with Crippen molar-refractivity contribution in [2.24, 2.45) is 0 Å². The van der Waals surface area contributed by atoms with Gasteiger partial charge in [0, 0.05) is 43.9 Å². The maximum atomic E-state index is 13.3. The number of ether oxygens (including phenoxy) is 2. The second-order valence-corrected chi connectivity index (χ2v) is 9.02. The summed E-state index contributed by atoms with van der Waals surface area (Å²) >= 11 is 0. The first-order valence-electron chi connectivity index (χ1n) is 12.1. The lowest BCUT2D eigenvalue weighted by molar-refractivity contribution is -0.0721. The van der Waals surface area contributed by atoms with Gasteiger partial charge in [0.25, 0.3) is 5.91 Å². The number of hydrogen-bond donors (Lipinski definition) is 0. The quantitative estimate of drug-likeness (QED) is 0.658. The van der Waals surface area contributed by atoms with Gasteiger partial charge in [-0.2, -0.15) is 0 Å². The van der Waals surface area contributed by atoms with E-state index >= 15 is 0 Å². The number of carbonyl (C=O) groups is 2. The van der Waals surface area contributed by atoms with Crippen LogP contribution in [-0.2, 0) is 11.3 Å². The van der Waals surface area contributed by atoms with Gasteiger partial charge >= 0.3 is 6.09 Å². The number of rotatable bonds is 5. The molecular weight excluding hydrogens is 434 g/mol. The molecule has 8 heteroatoms. The molecule has 0 bridgehead atoms. The van der Waals surface area contributed by atoms with Crippen LogP contribution in [0.1, 0.15) is 48.0 Å². The average Bonchev–Trinajstić information content (AvgIpc) is 2.89. The molecule has 3 heterocycles. The van der Waals surface area contributed by atoms with Crippen LogP contribution in [-0.4, -0.2) is 61.3 Å². The van der Waals surface area contributed by atoms with Crippen LogP contribution in [0.15, 0.2) is 42.5 Å². The summed E-state index contributed by atoms with van der Waals surface area (Å²) in [6, 6.07) is 13.2. The Morgan fingerprint density at radius 1 is 1.00 bits per heavy atom. The molecule has 34 heavy (non-hydrogen) atoms. The zero-order valence-electron chi connectivity index (χ0n) is 19.6. The number of anilines is 1. The second-order valence-electron chi connectivity index (χ2n) is 9.02. The molecule has 0 aromatic heterocycles. The summed E-state index contributed by atoms with van der Waals surface area (Å²) < 4.78 is 10.9. The fourth-order valence-electron chi connectivity index (χ4n) is 5.03. The van der Waals surface area contributed by atoms with E-state index in [1.165, 1.54) is 6.42 Å². The molecule has 5 rings (SSSR count). The Morgan fingerprint density at radius 2 is 1.76 bits per heavy atom. The Hall–Kier alpha value is -3.26. The van der Waals surface area contributed by atoms with Crippen LogP contribution >= 0.6 is 0 Å². The van der Waals surface area contributed by atoms with E-state index in [-0.39, 0.29) is 18.0 Å². The number of hydrogen-bond acceptors (Lipinski definition) is 6. The predicted molar refractivity (Wildman–Crippen MR) is 127 cm³/mol. The van der Waals surface area contributed by atoms with Crippen LogP contribution in [0.4, 0.5) is 10.5 Å². The third-order valence-corrected chi connectivity index (χ3v) is 6.87. The molecule has 2 saturated heterocycles. The summed E-state index contributed by atoms with van der Waals surface area (Å²) in [7, 11) is 1.57. The third-order valence-electron chi connectivity index (χ3n) is 6.87. The highest BCUT2D eigenvalue weighted by Crippen LogP contribution is 2.33. The molecule has 2 aromatic rings. The lowest BCUT2D eigenvalue weighted by atomic mass is 10.00. The predicted octanol–water partition coefficient (Wildman–Crippen LogP) is 4.24. The van der Waals surface area contributed by atoms with E-state index in [0.29, 0.717) is 49.6 Å². The van der Waals surface area contributed by atoms with Gasteiger partial charge in [-0.05, 0) is 43.9 Å². The molecule has 8 nitrogen and oxygen atoms in total. The first-order chi connectivity index (χ1) is 16.6. The van der Waals surface area contributed by atoms with E-state index in [9.17, 15) is 9.59 Å². The van der Waals surface area contributed by atoms with Crippen LogP contribution in [0.2, 0.25) is 0 Å². The van der Waals surface area contributed by atoms with Crippen LogP contribution in [0.5, 0.6) is 11.5 Å². The number of amides is 2. The van der Waals surface area contributed by atoms with Crippen molar-refractivity contribution in [1.29, 1.82) is 0 Å². The average molecular weight is 466 g/mol. The smallest absolute Gasteiger partial charge is 0.414 e. The van der Waals surface area contributed by atoms with Gasteiger partial charge in [0.05, 0.1) is 18.4 Å². The zero-order chi connectivity index (χ0) is 23.5. The van der Waals surface area contributed by atoms with E-state index in [1.54, 1.807) is 24.1 Å². The summed E-state index contributed by atoms with van der Waals surface area (Å²) in [4.78, 5) is 35.4. The molecule has 3 aliphatic heterocycles. The van der Waals surface area contributed by atoms with Crippen molar-refractivity contribution in [3.8, 4) is 11.5 Å². The Balaban J connectivity index is 1.25. The molecule has 3 aliphatic rings. The van der Waals surface area contributed by atoms with E-state index in [4.69, 9.17) is 14.3 Å². The van der Waals surface area contributed by atoms with Gasteiger partial charge in [0.2, 0.25) is 0 Å². The number of benzene rings is 2. The molecule has 0 N–H and O–H groups in total. The van der Waals surface area contributed by atoms with Crippen molar-refractivity contribution >= 4 is 17.7 Å². The summed E-state index contributed by atoms with van der Waals surface area (Å²) in [5, 5.41) is 1.97. The molecule has 180 valence electrons. The first kappa shape index (κ1) is 22.5. The molecule has 2 fully saturated rings. The number of methoxy groups -OCH3 is 1. The minimum atomic E-state index is -0.311. The molecule has 0 atom stereocenters. The maximum Gasteiger partial charge on any atom is 0.414 e. The number of cyclic esters (lactones) is 1. The SMILES string of the molecule is COc1cc(ON2CCCCC2)ccc1C(=O)N1CCC(N2C(=O)OCc3ccccc32)CC1. The number of nitrogens with zero attached hydrogens (tertiary/aromatic N) is 3. The molecule has 0 spiro atoms. The topological polar surface area (TPSA) is 71.6 Å². The first-order valence-corrected chi connectivity index (χ1v) is 12.1. The minimum absolute atomic E-state index is 0.000199. The normalized spacial score (nSPS) is 19.4. The van der Waals surface area contributed by atoms with Crippen molar-refractivity contribution in [1.82, 2.24) is 9.96 Å². The second kappa shape index (κ2) is 9.93. The molecule has 0 aliphatic carbocycles. The molecule has 0 radical (unpaired) electrons. The zero-order valence-corrected chi connectivity index (χ0v) is 19.6. The Morgan fingerprint density at radius 3 is 2.53 bits per heavy atom. The van der Waals surface area contributed by atoms with Crippen molar-refractivity contribution in [3.05, 3.63) is 53.6 Å². The van der Waals surface area contributed by atoms with Crippen LogP contribution in [0.3, 0.4) is 0 Å². The largest absolute Gasteiger partial charge is 0.496 e. The van der Waals surface area contributed by atoms with Gasteiger partial charge in [-0.1, -0.05) is 24.6 Å². The Labute approximate surface area is 199 Å². The number of likely N-dealkylation sites (tertiary alicyclic amines) is 1. The number of carbonyl (C=O) groups excluding carboxylic acids is 2. The summed E-state index contributed by atoms with van der Waals surface area (Å²) in [5.74, 6) is 1.12. The van der Waals surface area contributed by atoms with Crippen molar-refractivity contribution in [2.45, 2.75) is 44.8 Å². The van der Waals surface area contributed by atoms with E-state index in [1.807, 2.05) is 40.3 Å². The minimum Gasteiger partial charge on any atom is -0.496 e. The van der Waals surface area contributed by atoms with Gasteiger partial charge in [0.15, 0.2) is 5.75 Å². The number of piperidine rings is 2. The van der Waals surface area contributed by atoms with E-state index < -0.39 is 0 Å². The fraction of sp³-hybridized carbons (Fsp3) is 0.462. The van der Waals surface area contributed by atoms with Gasteiger partial charge in [-0.25, -0.2) is 4.79 Å². The lowest BCUT2D eigenvalue weighted by Crippen LogP contribution is -2.50. The molecule has 0 unspecified atom stereocenters. The third kappa shape index (κ3) is 4.55. The molecule has 2 aromatic carbocycles. The van der Waals surface area contributed by atoms with Gasteiger partial charge < -0.3 is 19.2 Å². The Kier molecular flexibility index (Phi) is 6.58. The van der Waals surface area contributed by atoms with Crippen LogP contribution in [0.25, 0.3) is 0 Å². The lowest BCUT2D eigenvalue weighted by Gasteiger charge is -2.40. The van der Waals surface area contributed by atoms with E-state index in [2.05, 4.69) is 0 Å². The summed E-state index contributed by atoms with van der Waals surface area (Å²) in [5.41, 5.74) is 2.45. The summed E-state index contributed by atoms with van der Waals surface area (Å²) in [6.07, 6.45) is 4.56. The summed E-state index contributed by atoms with van der Waals surface area (Å²) in [6.45, 7) is 3.25. The maximum absolute atomic E-state index is 13.3. The van der Waals surface area contributed by atoms with E-state index in [0.717, 1.165) is 37.2 Å². The van der Waals surface area contributed by atoms with Crippen LogP contribution < -0.4 is 14.5 Å². The van der Waals surface area contributed by atoms with Gasteiger partial charge in [0.1, 0.15) is 12.4 Å².